The van der Waals surface area contributed by atoms with Gasteiger partial charge in [-0.15, -0.1) is 0 Å². The van der Waals surface area contributed by atoms with Crippen molar-refractivity contribution >= 4 is 11.9 Å². The summed E-state index contributed by atoms with van der Waals surface area (Å²) in [5.74, 6) is -1.42. The van der Waals surface area contributed by atoms with Crippen molar-refractivity contribution in [2.75, 3.05) is 0 Å². The van der Waals surface area contributed by atoms with Crippen LogP contribution in [0.15, 0.2) is 23.1 Å². The van der Waals surface area contributed by atoms with Crippen molar-refractivity contribution in [2.24, 2.45) is 5.41 Å². The number of aromatic nitrogens is 1. The molecule has 122 valence electrons. The van der Waals surface area contributed by atoms with Crippen molar-refractivity contribution in [1.29, 1.82) is 0 Å². The van der Waals surface area contributed by atoms with Gasteiger partial charge in [-0.25, -0.2) is 4.79 Å². The van der Waals surface area contributed by atoms with E-state index < -0.39 is 17.4 Å². The summed E-state index contributed by atoms with van der Waals surface area (Å²) in [6.45, 7) is 7.31. The average molecular weight is 308 g/mol. The zero-order chi connectivity index (χ0) is 16.9. The molecule has 1 aromatic heterocycles. The predicted molar refractivity (Wildman–Crippen MR) is 83.7 cm³/mol. The van der Waals surface area contributed by atoms with Gasteiger partial charge < -0.3 is 15.0 Å². The summed E-state index contributed by atoms with van der Waals surface area (Å²) in [6.07, 6.45) is 2.73. The fourth-order valence-corrected chi connectivity index (χ4v) is 2.17. The SMILES string of the molecule is CCCC(NC(=O)C(C)(C)Cn1cc(C)ccc1=O)C(=O)O. The molecule has 22 heavy (non-hydrogen) atoms. The minimum absolute atomic E-state index is 0.185. The highest BCUT2D eigenvalue weighted by Crippen LogP contribution is 2.18. The Kier molecular flexibility index (Phi) is 5.91. The van der Waals surface area contributed by atoms with Gasteiger partial charge in [-0.1, -0.05) is 19.4 Å². The molecule has 2 N–H and O–H groups in total. The molecule has 1 rings (SSSR count). The zero-order valence-corrected chi connectivity index (χ0v) is 13.5. The molecule has 1 aromatic rings. The summed E-state index contributed by atoms with van der Waals surface area (Å²) in [7, 11) is 0. The summed E-state index contributed by atoms with van der Waals surface area (Å²) < 4.78 is 1.48. The first-order valence-electron chi connectivity index (χ1n) is 7.38. The number of hydrogen-bond acceptors (Lipinski definition) is 3. The summed E-state index contributed by atoms with van der Waals surface area (Å²) >= 11 is 0. The van der Waals surface area contributed by atoms with Gasteiger partial charge in [0.2, 0.25) is 5.91 Å². The molecular weight excluding hydrogens is 284 g/mol. The molecule has 0 bridgehead atoms. The summed E-state index contributed by atoms with van der Waals surface area (Å²) in [4.78, 5) is 35.3. The largest absolute Gasteiger partial charge is 0.480 e. The van der Waals surface area contributed by atoms with Crippen LogP contribution in [0.4, 0.5) is 0 Å². The van der Waals surface area contributed by atoms with E-state index in [0.717, 1.165) is 5.56 Å². The van der Waals surface area contributed by atoms with Crippen LogP contribution in [-0.2, 0) is 16.1 Å². The highest BCUT2D eigenvalue weighted by atomic mass is 16.4. The van der Waals surface area contributed by atoms with E-state index in [4.69, 9.17) is 5.11 Å². The molecule has 0 aliphatic carbocycles. The Bertz CT molecular complexity index is 604. The standard InChI is InChI=1S/C16H24N2O4/c1-5-6-12(14(20)21)17-15(22)16(3,4)10-18-9-11(2)7-8-13(18)19/h7-9,12H,5-6,10H2,1-4H3,(H,17,22)(H,20,21). The van der Waals surface area contributed by atoms with Crippen LogP contribution in [0, 0.1) is 12.3 Å². The molecule has 0 radical (unpaired) electrons. The lowest BCUT2D eigenvalue weighted by molar-refractivity contribution is -0.143. The van der Waals surface area contributed by atoms with Gasteiger partial charge in [0.1, 0.15) is 6.04 Å². The molecule has 0 aliphatic rings. The lowest BCUT2D eigenvalue weighted by Crippen LogP contribution is -2.48. The third kappa shape index (κ3) is 4.72. The fraction of sp³-hybridized carbons (Fsp3) is 0.562. The first kappa shape index (κ1) is 17.9. The molecule has 1 amide bonds. The Morgan fingerprint density at radius 3 is 2.55 bits per heavy atom. The van der Waals surface area contributed by atoms with Gasteiger partial charge >= 0.3 is 5.97 Å². The van der Waals surface area contributed by atoms with E-state index in [9.17, 15) is 14.4 Å². The van der Waals surface area contributed by atoms with E-state index in [2.05, 4.69) is 5.32 Å². The number of pyridine rings is 1. The number of aliphatic carboxylic acids is 1. The number of hydrogen-bond donors (Lipinski definition) is 2. The van der Waals surface area contributed by atoms with Gasteiger partial charge in [-0.3, -0.25) is 9.59 Å². The topological polar surface area (TPSA) is 88.4 Å². The van der Waals surface area contributed by atoms with Crippen molar-refractivity contribution in [3.05, 3.63) is 34.2 Å². The van der Waals surface area contributed by atoms with Crippen LogP contribution < -0.4 is 10.9 Å². The number of carbonyl (C=O) groups is 2. The van der Waals surface area contributed by atoms with E-state index in [0.29, 0.717) is 12.8 Å². The van der Waals surface area contributed by atoms with Gasteiger partial charge in [0.05, 0.1) is 5.41 Å². The van der Waals surface area contributed by atoms with Crippen molar-refractivity contribution < 1.29 is 14.7 Å². The molecule has 0 saturated carbocycles. The smallest absolute Gasteiger partial charge is 0.326 e. The summed E-state index contributed by atoms with van der Waals surface area (Å²) in [6, 6.07) is 2.28. The maximum absolute atomic E-state index is 12.4. The van der Waals surface area contributed by atoms with Crippen molar-refractivity contribution in [3.8, 4) is 0 Å². The van der Waals surface area contributed by atoms with Crippen LogP contribution in [0.2, 0.25) is 0 Å². The molecule has 6 heteroatoms. The van der Waals surface area contributed by atoms with Crippen molar-refractivity contribution in [1.82, 2.24) is 9.88 Å². The van der Waals surface area contributed by atoms with Crippen LogP contribution in [0.3, 0.4) is 0 Å². The van der Waals surface area contributed by atoms with Gasteiger partial charge in [-0.05, 0) is 32.8 Å². The lowest BCUT2D eigenvalue weighted by Gasteiger charge is -2.26. The van der Waals surface area contributed by atoms with E-state index in [1.54, 1.807) is 26.1 Å². The number of nitrogens with one attached hydrogen (secondary N) is 1. The Morgan fingerprint density at radius 1 is 1.36 bits per heavy atom. The Hall–Kier alpha value is -2.11. The summed E-state index contributed by atoms with van der Waals surface area (Å²) in [5.41, 5.74) is -0.154. The number of amides is 1. The third-order valence-electron chi connectivity index (χ3n) is 3.49. The van der Waals surface area contributed by atoms with E-state index >= 15 is 0 Å². The molecule has 0 saturated heterocycles. The first-order valence-corrected chi connectivity index (χ1v) is 7.38. The molecule has 6 nitrogen and oxygen atoms in total. The van der Waals surface area contributed by atoms with Crippen LogP contribution in [-0.4, -0.2) is 27.6 Å². The first-order chi connectivity index (χ1) is 10.2. The van der Waals surface area contributed by atoms with Gasteiger partial charge in [0, 0.05) is 18.8 Å². The molecule has 0 aliphatic heterocycles. The highest BCUT2D eigenvalue weighted by Gasteiger charge is 2.31. The number of carbonyl (C=O) groups excluding carboxylic acids is 1. The van der Waals surface area contributed by atoms with Gasteiger partial charge in [-0.2, -0.15) is 0 Å². The van der Waals surface area contributed by atoms with Crippen LogP contribution >= 0.6 is 0 Å². The molecule has 1 unspecified atom stereocenters. The quantitative estimate of drug-likeness (QED) is 0.800. The van der Waals surface area contributed by atoms with Gasteiger partial charge in [0.15, 0.2) is 0 Å². The number of carboxylic acids is 1. The number of rotatable bonds is 7. The normalized spacial score (nSPS) is 12.7. The second-order valence-electron chi connectivity index (χ2n) is 6.21. The highest BCUT2D eigenvalue weighted by molar-refractivity contribution is 5.86. The molecule has 1 heterocycles. The number of carboxylic acid groups (broad SMARTS) is 1. The maximum Gasteiger partial charge on any atom is 0.326 e. The van der Waals surface area contributed by atoms with Crippen LogP contribution in [0.25, 0.3) is 0 Å². The fourth-order valence-electron chi connectivity index (χ4n) is 2.17. The van der Waals surface area contributed by atoms with Crippen LogP contribution in [0.5, 0.6) is 0 Å². The monoisotopic (exact) mass is 308 g/mol. The van der Waals surface area contributed by atoms with Crippen molar-refractivity contribution in [3.63, 3.8) is 0 Å². The van der Waals surface area contributed by atoms with Gasteiger partial charge in [0.25, 0.3) is 5.56 Å². The van der Waals surface area contributed by atoms with E-state index in [-0.39, 0.29) is 18.0 Å². The van der Waals surface area contributed by atoms with Crippen LogP contribution in [0.1, 0.15) is 39.2 Å². The third-order valence-corrected chi connectivity index (χ3v) is 3.49. The molecule has 1 atom stereocenters. The minimum atomic E-state index is -1.04. The second-order valence-corrected chi connectivity index (χ2v) is 6.21. The summed E-state index contributed by atoms with van der Waals surface area (Å²) in [5, 5.41) is 11.7. The molecule has 0 fully saturated rings. The average Bonchev–Trinajstić information content (AvgIpc) is 2.41. The Balaban J connectivity index is 2.88. The Labute approximate surface area is 130 Å². The number of nitrogens with zero attached hydrogens (tertiary/aromatic N) is 1. The zero-order valence-electron chi connectivity index (χ0n) is 13.5. The lowest BCUT2D eigenvalue weighted by atomic mass is 9.91. The second kappa shape index (κ2) is 7.24. The van der Waals surface area contributed by atoms with E-state index in [1.807, 2.05) is 13.8 Å². The molecule has 0 aromatic carbocycles. The Morgan fingerprint density at radius 2 is 2.00 bits per heavy atom. The van der Waals surface area contributed by atoms with Crippen molar-refractivity contribution in [2.45, 2.75) is 53.1 Å². The predicted octanol–water partition coefficient (Wildman–Crippen LogP) is 1.55. The number of aryl methyl sites for hydroxylation is 1. The molecular formula is C16H24N2O4. The maximum atomic E-state index is 12.4. The van der Waals surface area contributed by atoms with E-state index in [1.165, 1.54) is 10.6 Å². The minimum Gasteiger partial charge on any atom is -0.480 e. The molecule has 0 spiro atoms.